The molecule has 1 unspecified atom stereocenters. The van der Waals surface area contributed by atoms with Crippen molar-refractivity contribution in [2.75, 3.05) is 18.9 Å². The van der Waals surface area contributed by atoms with Crippen molar-refractivity contribution in [3.8, 4) is 11.1 Å². The number of fused-ring (bicyclic) bond motifs is 1. The predicted molar refractivity (Wildman–Crippen MR) is 125 cm³/mol. The van der Waals surface area contributed by atoms with Gasteiger partial charge in [-0.3, -0.25) is 4.79 Å². The van der Waals surface area contributed by atoms with Crippen molar-refractivity contribution in [3.63, 3.8) is 0 Å². The lowest BCUT2D eigenvalue weighted by Gasteiger charge is -2.14. The summed E-state index contributed by atoms with van der Waals surface area (Å²) in [6.07, 6.45) is 4.63. The van der Waals surface area contributed by atoms with Gasteiger partial charge in [-0.25, -0.2) is 0 Å². The maximum Gasteiger partial charge on any atom is 0.255 e. The first kappa shape index (κ1) is 20.6. The Hall–Kier alpha value is -2.62. The lowest BCUT2D eigenvalue weighted by molar-refractivity contribution is 0.102. The van der Waals surface area contributed by atoms with E-state index in [1.54, 1.807) is 0 Å². The monoisotopic (exact) mass is 418 g/mol. The molecule has 2 N–H and O–H groups in total. The van der Waals surface area contributed by atoms with Gasteiger partial charge >= 0.3 is 0 Å². The first-order valence-electron chi connectivity index (χ1n) is 10.6. The molecule has 1 atom stereocenters. The van der Waals surface area contributed by atoms with Gasteiger partial charge in [-0.15, -0.1) is 0 Å². The zero-order chi connectivity index (χ0) is 20.9. The average molecular weight is 419 g/mol. The van der Waals surface area contributed by atoms with Crippen LogP contribution >= 0.6 is 11.6 Å². The Kier molecular flexibility index (Phi) is 6.51. The van der Waals surface area contributed by atoms with Crippen LogP contribution in [0.1, 0.15) is 34.3 Å². The highest BCUT2D eigenvalue weighted by Crippen LogP contribution is 2.27. The van der Waals surface area contributed by atoms with Crippen molar-refractivity contribution in [2.45, 2.75) is 25.7 Å². The number of hydrogen-bond donors (Lipinski definition) is 2. The SMILES string of the molecule is CNCC1CCCc2cc(NC(=O)c3ccc(-c4ccc(Cl)cc4)cc3)ccc2C1. The lowest BCUT2D eigenvalue weighted by atomic mass is 9.96. The number of carbonyl (C=O) groups excluding carboxylic acids is 1. The molecule has 1 aliphatic rings. The Morgan fingerprint density at radius 3 is 2.37 bits per heavy atom. The molecule has 0 saturated heterocycles. The summed E-state index contributed by atoms with van der Waals surface area (Å²) in [5, 5.41) is 7.08. The smallest absolute Gasteiger partial charge is 0.255 e. The van der Waals surface area contributed by atoms with Crippen LogP contribution in [0.15, 0.2) is 66.7 Å². The first-order chi connectivity index (χ1) is 14.6. The summed E-state index contributed by atoms with van der Waals surface area (Å²) in [6, 6.07) is 21.7. The molecule has 3 aromatic rings. The van der Waals surface area contributed by atoms with E-state index in [1.165, 1.54) is 24.0 Å². The number of benzene rings is 3. The van der Waals surface area contributed by atoms with E-state index in [0.717, 1.165) is 36.2 Å². The molecule has 4 rings (SSSR count). The van der Waals surface area contributed by atoms with Gasteiger partial charge in [-0.2, -0.15) is 0 Å². The largest absolute Gasteiger partial charge is 0.322 e. The van der Waals surface area contributed by atoms with Gasteiger partial charge < -0.3 is 10.6 Å². The summed E-state index contributed by atoms with van der Waals surface area (Å²) in [5.74, 6) is 0.607. The maximum atomic E-state index is 12.7. The van der Waals surface area contributed by atoms with Crippen LogP contribution in [0.4, 0.5) is 5.69 Å². The number of hydrogen-bond acceptors (Lipinski definition) is 2. The Balaban J connectivity index is 1.45. The molecule has 0 heterocycles. The molecule has 154 valence electrons. The van der Waals surface area contributed by atoms with E-state index in [0.29, 0.717) is 16.5 Å². The molecule has 0 aliphatic heterocycles. The van der Waals surface area contributed by atoms with Crippen molar-refractivity contribution in [3.05, 3.63) is 88.4 Å². The second kappa shape index (κ2) is 9.46. The summed E-state index contributed by atoms with van der Waals surface area (Å²) in [5.41, 5.74) is 6.44. The third-order valence-electron chi connectivity index (χ3n) is 5.85. The van der Waals surface area contributed by atoms with Crippen molar-refractivity contribution in [1.29, 1.82) is 0 Å². The van der Waals surface area contributed by atoms with Crippen LogP contribution < -0.4 is 10.6 Å². The van der Waals surface area contributed by atoms with Crippen LogP contribution in [0.5, 0.6) is 0 Å². The van der Waals surface area contributed by atoms with Crippen LogP contribution in [0.2, 0.25) is 5.02 Å². The molecule has 1 amide bonds. The maximum absolute atomic E-state index is 12.7. The molecule has 0 radical (unpaired) electrons. The number of anilines is 1. The molecule has 0 spiro atoms. The molecule has 30 heavy (non-hydrogen) atoms. The van der Waals surface area contributed by atoms with Gasteiger partial charge in [-0.05, 0) is 104 Å². The number of carbonyl (C=O) groups is 1. The fraction of sp³-hybridized carbons (Fsp3) is 0.269. The fourth-order valence-corrected chi connectivity index (χ4v) is 4.38. The highest BCUT2D eigenvalue weighted by molar-refractivity contribution is 6.30. The lowest BCUT2D eigenvalue weighted by Crippen LogP contribution is -2.20. The van der Waals surface area contributed by atoms with Crippen LogP contribution in [0.3, 0.4) is 0 Å². The van der Waals surface area contributed by atoms with Crippen LogP contribution in [-0.4, -0.2) is 19.5 Å². The van der Waals surface area contributed by atoms with Crippen LogP contribution in [-0.2, 0) is 12.8 Å². The molecule has 0 saturated carbocycles. The molecule has 0 bridgehead atoms. The molecule has 0 aromatic heterocycles. The minimum Gasteiger partial charge on any atom is -0.322 e. The number of rotatable bonds is 5. The Morgan fingerprint density at radius 2 is 1.67 bits per heavy atom. The quantitative estimate of drug-likeness (QED) is 0.501. The molecule has 3 aromatic carbocycles. The third-order valence-corrected chi connectivity index (χ3v) is 6.10. The molecule has 1 aliphatic carbocycles. The highest BCUT2D eigenvalue weighted by Gasteiger charge is 2.17. The summed E-state index contributed by atoms with van der Waals surface area (Å²) in [4.78, 5) is 12.7. The Morgan fingerprint density at radius 1 is 0.967 bits per heavy atom. The minimum absolute atomic E-state index is 0.0840. The Bertz CT molecular complexity index is 1010. The molecular weight excluding hydrogens is 392 g/mol. The third kappa shape index (κ3) is 4.92. The van der Waals surface area contributed by atoms with Crippen LogP contribution in [0, 0.1) is 5.92 Å². The van der Waals surface area contributed by atoms with Gasteiger partial charge in [0.25, 0.3) is 5.91 Å². The minimum atomic E-state index is -0.0840. The molecule has 3 nitrogen and oxygen atoms in total. The molecule has 0 fully saturated rings. The van der Waals surface area contributed by atoms with Crippen LogP contribution in [0.25, 0.3) is 11.1 Å². The van der Waals surface area contributed by atoms with E-state index in [9.17, 15) is 4.79 Å². The summed E-state index contributed by atoms with van der Waals surface area (Å²) in [7, 11) is 2.02. The Labute approximate surface area is 183 Å². The number of halogens is 1. The van der Waals surface area contributed by atoms with Crippen molar-refractivity contribution in [2.24, 2.45) is 5.92 Å². The van der Waals surface area contributed by atoms with E-state index < -0.39 is 0 Å². The standard InChI is InChI=1S/C26H27ClN2O/c1-28-17-18-3-2-4-22-16-25(14-11-23(22)15-18)29-26(30)21-7-5-19(6-8-21)20-9-12-24(27)13-10-20/h5-14,16,18,28H,2-4,15,17H2,1H3,(H,29,30). The van der Waals surface area contributed by atoms with Crippen molar-refractivity contribution >= 4 is 23.2 Å². The summed E-state index contributed by atoms with van der Waals surface area (Å²) < 4.78 is 0. The normalized spacial score (nSPS) is 15.9. The zero-order valence-corrected chi connectivity index (χ0v) is 18.0. The van der Waals surface area contributed by atoms with Crippen molar-refractivity contribution in [1.82, 2.24) is 5.32 Å². The van der Waals surface area contributed by atoms with Gasteiger partial charge in [-0.1, -0.05) is 41.9 Å². The second-order valence-corrected chi connectivity index (χ2v) is 8.48. The predicted octanol–water partition coefficient (Wildman–Crippen LogP) is 5.97. The van der Waals surface area contributed by atoms with E-state index in [2.05, 4.69) is 22.8 Å². The second-order valence-electron chi connectivity index (χ2n) is 8.04. The van der Waals surface area contributed by atoms with E-state index >= 15 is 0 Å². The fourth-order valence-electron chi connectivity index (χ4n) is 4.25. The van der Waals surface area contributed by atoms with E-state index in [4.69, 9.17) is 11.6 Å². The number of aryl methyl sites for hydroxylation is 1. The summed E-state index contributed by atoms with van der Waals surface area (Å²) in [6.45, 7) is 1.06. The molecular formula is C26H27ClN2O. The highest BCUT2D eigenvalue weighted by atomic mass is 35.5. The molecule has 4 heteroatoms. The van der Waals surface area contributed by atoms with Gasteiger partial charge in [0, 0.05) is 16.3 Å². The number of nitrogens with one attached hydrogen (secondary N) is 2. The van der Waals surface area contributed by atoms with Gasteiger partial charge in [0.2, 0.25) is 0 Å². The van der Waals surface area contributed by atoms with Crippen molar-refractivity contribution < 1.29 is 4.79 Å². The van der Waals surface area contributed by atoms with Gasteiger partial charge in [0.05, 0.1) is 0 Å². The van der Waals surface area contributed by atoms with Gasteiger partial charge in [0.15, 0.2) is 0 Å². The number of amides is 1. The first-order valence-corrected chi connectivity index (χ1v) is 10.9. The zero-order valence-electron chi connectivity index (χ0n) is 17.2. The van der Waals surface area contributed by atoms with E-state index in [1.807, 2.05) is 61.6 Å². The summed E-state index contributed by atoms with van der Waals surface area (Å²) >= 11 is 5.96. The average Bonchev–Trinajstić information content (AvgIpc) is 2.96. The van der Waals surface area contributed by atoms with E-state index in [-0.39, 0.29) is 5.91 Å². The topological polar surface area (TPSA) is 41.1 Å². The van der Waals surface area contributed by atoms with Gasteiger partial charge in [0.1, 0.15) is 0 Å².